The fourth-order valence-electron chi connectivity index (χ4n) is 3.58. The van der Waals surface area contributed by atoms with Gasteiger partial charge in [0.2, 0.25) is 5.90 Å². The SMILES string of the molecule is O=C1OC(c2ccccc2)=NC1(Cc1ccc([N+](=O)[O-])cc1)Cc1ccc([N+](=O)[O-])cc1. The molecule has 0 spiro atoms. The van der Waals surface area contributed by atoms with Crippen LogP contribution < -0.4 is 0 Å². The third-order valence-electron chi connectivity index (χ3n) is 5.19. The van der Waals surface area contributed by atoms with Crippen molar-refractivity contribution in [1.29, 1.82) is 0 Å². The Labute approximate surface area is 182 Å². The summed E-state index contributed by atoms with van der Waals surface area (Å²) in [5.74, 6) is -0.354. The summed E-state index contributed by atoms with van der Waals surface area (Å²) in [4.78, 5) is 38.7. The number of nitrogens with zero attached hydrogens (tertiary/aromatic N) is 3. The van der Waals surface area contributed by atoms with Gasteiger partial charge in [-0.2, -0.15) is 0 Å². The smallest absolute Gasteiger partial charge is 0.341 e. The van der Waals surface area contributed by atoms with Gasteiger partial charge in [0.1, 0.15) is 0 Å². The number of rotatable bonds is 7. The van der Waals surface area contributed by atoms with Gasteiger partial charge in [-0.3, -0.25) is 20.2 Å². The molecule has 3 aromatic rings. The number of aliphatic imine (C=N–C) groups is 1. The zero-order chi connectivity index (χ0) is 22.7. The predicted octanol–water partition coefficient (Wildman–Crippen LogP) is 4.03. The molecule has 1 heterocycles. The number of cyclic esters (lactones) is 1. The van der Waals surface area contributed by atoms with E-state index in [9.17, 15) is 25.0 Å². The Morgan fingerprint density at radius 2 is 1.22 bits per heavy atom. The molecule has 9 heteroatoms. The van der Waals surface area contributed by atoms with Crippen LogP contribution in [0.2, 0.25) is 0 Å². The predicted molar refractivity (Wildman–Crippen MR) is 115 cm³/mol. The standard InChI is InChI=1S/C23H17N3O6/c27-22-23(14-16-6-10-19(11-7-16)25(28)29,15-17-8-12-20(13-9-17)26(30)31)24-21(32-22)18-4-2-1-3-5-18/h1-13H,14-15H2. The van der Waals surface area contributed by atoms with Gasteiger partial charge in [-0.1, -0.05) is 42.5 Å². The summed E-state index contributed by atoms with van der Waals surface area (Å²) in [7, 11) is 0. The van der Waals surface area contributed by atoms with E-state index < -0.39 is 21.4 Å². The summed E-state index contributed by atoms with van der Waals surface area (Å²) in [6.07, 6.45) is 0.300. The monoisotopic (exact) mass is 431 g/mol. The van der Waals surface area contributed by atoms with Crippen molar-refractivity contribution in [2.24, 2.45) is 4.99 Å². The second-order valence-electron chi connectivity index (χ2n) is 7.40. The number of esters is 1. The van der Waals surface area contributed by atoms with Crippen LogP contribution in [0.1, 0.15) is 16.7 Å². The van der Waals surface area contributed by atoms with Gasteiger partial charge in [0.25, 0.3) is 11.4 Å². The number of non-ortho nitro benzene ring substituents is 2. The Hall–Kier alpha value is -4.40. The van der Waals surface area contributed by atoms with Crippen molar-refractivity contribution in [3.05, 3.63) is 116 Å². The second kappa shape index (κ2) is 8.38. The summed E-state index contributed by atoms with van der Waals surface area (Å²) >= 11 is 0. The number of benzene rings is 3. The van der Waals surface area contributed by atoms with E-state index in [0.29, 0.717) is 16.7 Å². The molecular weight excluding hydrogens is 414 g/mol. The number of carbonyl (C=O) groups is 1. The number of carbonyl (C=O) groups excluding carboxylic acids is 1. The van der Waals surface area contributed by atoms with E-state index in [-0.39, 0.29) is 30.1 Å². The van der Waals surface area contributed by atoms with E-state index >= 15 is 0 Å². The van der Waals surface area contributed by atoms with Crippen LogP contribution in [-0.4, -0.2) is 27.3 Å². The molecule has 3 aromatic carbocycles. The van der Waals surface area contributed by atoms with Gasteiger partial charge in [0.05, 0.1) is 9.85 Å². The fourth-order valence-corrected chi connectivity index (χ4v) is 3.58. The molecule has 1 aliphatic rings. The molecule has 0 amide bonds. The molecule has 0 saturated carbocycles. The molecule has 0 fully saturated rings. The number of hydrogen-bond acceptors (Lipinski definition) is 7. The molecule has 0 bridgehead atoms. The normalized spacial score (nSPS) is 14.5. The topological polar surface area (TPSA) is 125 Å². The van der Waals surface area contributed by atoms with E-state index in [0.717, 1.165) is 0 Å². The average molecular weight is 431 g/mol. The zero-order valence-electron chi connectivity index (χ0n) is 16.7. The van der Waals surface area contributed by atoms with Crippen LogP contribution in [0.5, 0.6) is 0 Å². The van der Waals surface area contributed by atoms with Crippen molar-refractivity contribution in [3.63, 3.8) is 0 Å². The molecule has 4 rings (SSSR count). The number of hydrogen-bond donors (Lipinski definition) is 0. The highest BCUT2D eigenvalue weighted by Gasteiger charge is 2.46. The number of nitro groups is 2. The quantitative estimate of drug-likeness (QED) is 0.316. The first-order valence-electron chi connectivity index (χ1n) is 9.70. The largest absolute Gasteiger partial charge is 0.405 e. The van der Waals surface area contributed by atoms with Crippen molar-refractivity contribution in [2.75, 3.05) is 0 Å². The van der Waals surface area contributed by atoms with Gasteiger partial charge < -0.3 is 4.74 Å². The van der Waals surface area contributed by atoms with E-state index in [1.165, 1.54) is 24.3 Å². The maximum atomic E-state index is 13.1. The Bertz CT molecular complexity index is 1150. The van der Waals surface area contributed by atoms with Gasteiger partial charge in [-0.25, -0.2) is 9.79 Å². The Balaban J connectivity index is 1.71. The third-order valence-corrected chi connectivity index (χ3v) is 5.19. The molecule has 32 heavy (non-hydrogen) atoms. The van der Waals surface area contributed by atoms with E-state index in [1.807, 2.05) is 6.07 Å². The molecule has 160 valence electrons. The van der Waals surface area contributed by atoms with Crippen molar-refractivity contribution < 1.29 is 19.4 Å². The highest BCUT2D eigenvalue weighted by atomic mass is 16.6. The first-order chi connectivity index (χ1) is 15.4. The van der Waals surface area contributed by atoms with Gasteiger partial charge >= 0.3 is 5.97 Å². The molecule has 0 saturated heterocycles. The minimum Gasteiger partial charge on any atom is -0.405 e. The molecule has 0 aliphatic carbocycles. The Morgan fingerprint density at radius 1 is 0.750 bits per heavy atom. The first-order valence-corrected chi connectivity index (χ1v) is 9.70. The lowest BCUT2D eigenvalue weighted by Gasteiger charge is -2.22. The summed E-state index contributed by atoms with van der Waals surface area (Å²) in [5.41, 5.74) is 0.578. The summed E-state index contributed by atoms with van der Waals surface area (Å²) in [5, 5.41) is 21.9. The van der Waals surface area contributed by atoms with Crippen LogP contribution in [0, 0.1) is 20.2 Å². The third kappa shape index (κ3) is 4.22. The second-order valence-corrected chi connectivity index (χ2v) is 7.40. The molecule has 1 aliphatic heterocycles. The van der Waals surface area contributed by atoms with Crippen LogP contribution in [-0.2, 0) is 22.4 Å². The molecule has 0 N–H and O–H groups in total. The lowest BCUT2D eigenvalue weighted by Crippen LogP contribution is -2.38. The maximum Gasteiger partial charge on any atom is 0.341 e. The first kappa shape index (κ1) is 20.9. The number of ether oxygens (including phenoxy) is 1. The summed E-state index contributed by atoms with van der Waals surface area (Å²) in [6, 6.07) is 20.8. The number of nitro benzene ring substituents is 2. The minimum atomic E-state index is -1.31. The molecule has 0 atom stereocenters. The Morgan fingerprint density at radius 3 is 1.66 bits per heavy atom. The molecule has 0 radical (unpaired) electrons. The highest BCUT2D eigenvalue weighted by Crippen LogP contribution is 2.32. The molecule has 0 unspecified atom stereocenters. The van der Waals surface area contributed by atoms with Crippen molar-refractivity contribution in [1.82, 2.24) is 0 Å². The molecular formula is C23H17N3O6. The average Bonchev–Trinajstić information content (AvgIpc) is 3.10. The maximum absolute atomic E-state index is 13.1. The van der Waals surface area contributed by atoms with Crippen LogP contribution in [0.25, 0.3) is 0 Å². The van der Waals surface area contributed by atoms with E-state index in [2.05, 4.69) is 4.99 Å². The minimum absolute atomic E-state index is 0.0550. The lowest BCUT2D eigenvalue weighted by atomic mass is 9.85. The van der Waals surface area contributed by atoms with Crippen LogP contribution in [0.15, 0.2) is 83.9 Å². The summed E-state index contributed by atoms with van der Waals surface area (Å²) in [6.45, 7) is 0. The van der Waals surface area contributed by atoms with Crippen molar-refractivity contribution in [3.8, 4) is 0 Å². The van der Waals surface area contributed by atoms with Gasteiger partial charge in [-0.15, -0.1) is 0 Å². The van der Waals surface area contributed by atoms with Crippen LogP contribution >= 0.6 is 0 Å². The fraction of sp³-hybridized carbons (Fsp3) is 0.130. The van der Waals surface area contributed by atoms with Gasteiger partial charge in [0, 0.05) is 42.7 Å². The van der Waals surface area contributed by atoms with Crippen LogP contribution in [0.3, 0.4) is 0 Å². The Kier molecular flexibility index (Phi) is 5.46. The van der Waals surface area contributed by atoms with Gasteiger partial charge in [-0.05, 0) is 23.3 Å². The van der Waals surface area contributed by atoms with Gasteiger partial charge in [0.15, 0.2) is 5.54 Å². The zero-order valence-corrected chi connectivity index (χ0v) is 16.7. The van der Waals surface area contributed by atoms with Crippen molar-refractivity contribution in [2.45, 2.75) is 18.4 Å². The molecule has 0 aromatic heterocycles. The molecule has 9 nitrogen and oxygen atoms in total. The van der Waals surface area contributed by atoms with Crippen LogP contribution in [0.4, 0.5) is 11.4 Å². The van der Waals surface area contributed by atoms with Crippen molar-refractivity contribution >= 4 is 23.2 Å². The summed E-state index contributed by atoms with van der Waals surface area (Å²) < 4.78 is 5.53. The van der Waals surface area contributed by atoms with E-state index in [4.69, 9.17) is 4.74 Å². The lowest BCUT2D eigenvalue weighted by molar-refractivity contribution is -0.385. The van der Waals surface area contributed by atoms with E-state index in [1.54, 1.807) is 48.5 Å². The highest BCUT2D eigenvalue weighted by molar-refractivity contribution is 6.08.